The van der Waals surface area contributed by atoms with Crippen LogP contribution >= 0.6 is 27.5 Å². The number of hydrogen-bond acceptors (Lipinski definition) is 3. The number of nitrogens with one attached hydrogen (secondary N) is 1. The van der Waals surface area contributed by atoms with Crippen LogP contribution in [0, 0.1) is 0 Å². The van der Waals surface area contributed by atoms with Gasteiger partial charge in [-0.1, -0.05) is 29.8 Å². The van der Waals surface area contributed by atoms with Gasteiger partial charge in [0.2, 0.25) is 0 Å². The molecule has 0 aliphatic heterocycles. The Morgan fingerprint density at radius 3 is 2.81 bits per heavy atom. The molecule has 2 aromatic heterocycles. The van der Waals surface area contributed by atoms with Crippen molar-refractivity contribution in [3.63, 3.8) is 0 Å². The van der Waals surface area contributed by atoms with Gasteiger partial charge >= 0.3 is 0 Å². The quantitative estimate of drug-likeness (QED) is 0.694. The largest absolute Gasteiger partial charge is 0.377 e. The zero-order chi connectivity index (χ0) is 14.8. The Balaban J connectivity index is 1.97. The summed E-state index contributed by atoms with van der Waals surface area (Å²) in [5.41, 5.74) is 3.70. The molecule has 1 atom stereocenters. The van der Waals surface area contributed by atoms with E-state index in [0.29, 0.717) is 0 Å². The lowest BCUT2D eigenvalue weighted by atomic mass is 10.1. The Labute approximate surface area is 136 Å². The highest BCUT2D eigenvalue weighted by Crippen LogP contribution is 2.28. The molecule has 0 fully saturated rings. The van der Waals surface area contributed by atoms with Crippen LogP contribution in [0.15, 0.2) is 53.3 Å². The summed E-state index contributed by atoms with van der Waals surface area (Å²) in [5.74, 6) is 0. The standard InChI is InChI=1S/C16H13BrClN3/c1-10(12-4-2-3-5-13(12)18)21-14-6-7-19-15-8-11(17)9-20-16(14)15/h2-10H,1H3,(H,19,21). The maximum Gasteiger partial charge on any atom is 0.112 e. The van der Waals surface area contributed by atoms with Crippen molar-refractivity contribution in [2.45, 2.75) is 13.0 Å². The van der Waals surface area contributed by atoms with E-state index in [2.05, 4.69) is 38.1 Å². The first kappa shape index (κ1) is 14.3. The molecule has 0 saturated heterocycles. The molecule has 1 N–H and O–H groups in total. The van der Waals surface area contributed by atoms with Crippen molar-refractivity contribution in [3.05, 3.63) is 63.9 Å². The van der Waals surface area contributed by atoms with E-state index in [-0.39, 0.29) is 6.04 Å². The molecule has 3 nitrogen and oxygen atoms in total. The minimum absolute atomic E-state index is 0.0785. The molecule has 0 spiro atoms. The fourth-order valence-electron chi connectivity index (χ4n) is 2.26. The number of hydrogen-bond donors (Lipinski definition) is 1. The molecular formula is C16H13BrClN3. The average Bonchev–Trinajstić information content (AvgIpc) is 2.47. The van der Waals surface area contributed by atoms with Gasteiger partial charge in [0.25, 0.3) is 0 Å². The van der Waals surface area contributed by atoms with Crippen LogP contribution in [0.1, 0.15) is 18.5 Å². The molecule has 21 heavy (non-hydrogen) atoms. The number of halogens is 2. The summed E-state index contributed by atoms with van der Waals surface area (Å²) in [6, 6.07) is 11.8. The second-order valence-electron chi connectivity index (χ2n) is 4.77. The van der Waals surface area contributed by atoms with E-state index in [0.717, 1.165) is 31.8 Å². The van der Waals surface area contributed by atoms with E-state index in [1.54, 1.807) is 12.4 Å². The van der Waals surface area contributed by atoms with Gasteiger partial charge in [0.05, 0.1) is 17.2 Å². The lowest BCUT2D eigenvalue weighted by Gasteiger charge is -2.17. The van der Waals surface area contributed by atoms with Gasteiger partial charge in [-0.3, -0.25) is 9.97 Å². The predicted octanol–water partition coefficient (Wildman–Crippen LogP) is 5.22. The van der Waals surface area contributed by atoms with Crippen LogP contribution < -0.4 is 5.32 Å². The number of anilines is 1. The maximum atomic E-state index is 6.25. The number of rotatable bonds is 3. The van der Waals surface area contributed by atoms with Crippen LogP contribution in [0.25, 0.3) is 11.0 Å². The van der Waals surface area contributed by atoms with Crippen LogP contribution in [0.2, 0.25) is 5.02 Å². The monoisotopic (exact) mass is 361 g/mol. The third-order valence-electron chi connectivity index (χ3n) is 3.29. The van der Waals surface area contributed by atoms with Crippen molar-refractivity contribution in [2.75, 3.05) is 5.32 Å². The maximum absolute atomic E-state index is 6.25. The normalized spacial score (nSPS) is 12.3. The first-order valence-corrected chi connectivity index (χ1v) is 7.73. The summed E-state index contributed by atoms with van der Waals surface area (Å²) in [6.07, 6.45) is 3.55. The first-order chi connectivity index (χ1) is 10.1. The molecule has 1 aromatic carbocycles. The summed E-state index contributed by atoms with van der Waals surface area (Å²) >= 11 is 9.66. The number of fused-ring (bicyclic) bond motifs is 1. The number of pyridine rings is 2. The molecule has 3 aromatic rings. The summed E-state index contributed by atoms with van der Waals surface area (Å²) in [4.78, 5) is 8.79. The molecule has 0 aliphatic rings. The van der Waals surface area contributed by atoms with Gasteiger partial charge in [-0.25, -0.2) is 0 Å². The van der Waals surface area contributed by atoms with Crippen LogP contribution in [0.3, 0.4) is 0 Å². The van der Waals surface area contributed by atoms with E-state index < -0.39 is 0 Å². The number of aromatic nitrogens is 2. The average molecular weight is 363 g/mol. The highest BCUT2D eigenvalue weighted by Gasteiger charge is 2.11. The lowest BCUT2D eigenvalue weighted by molar-refractivity contribution is 0.886. The number of benzene rings is 1. The SMILES string of the molecule is CC(Nc1ccnc2cc(Br)cnc12)c1ccccc1Cl. The Hall–Kier alpha value is -1.65. The fourth-order valence-corrected chi connectivity index (χ4v) is 2.88. The van der Waals surface area contributed by atoms with Crippen molar-refractivity contribution < 1.29 is 0 Å². The fraction of sp³-hybridized carbons (Fsp3) is 0.125. The molecule has 5 heteroatoms. The zero-order valence-corrected chi connectivity index (χ0v) is 13.7. The first-order valence-electron chi connectivity index (χ1n) is 6.56. The smallest absolute Gasteiger partial charge is 0.112 e. The van der Waals surface area contributed by atoms with Gasteiger partial charge in [-0.05, 0) is 46.6 Å². The van der Waals surface area contributed by atoms with E-state index in [4.69, 9.17) is 11.6 Å². The number of nitrogens with zero attached hydrogens (tertiary/aromatic N) is 2. The van der Waals surface area contributed by atoms with E-state index in [9.17, 15) is 0 Å². The third-order valence-corrected chi connectivity index (χ3v) is 4.07. The topological polar surface area (TPSA) is 37.8 Å². The molecule has 1 unspecified atom stereocenters. The Bertz CT molecular complexity index is 791. The lowest BCUT2D eigenvalue weighted by Crippen LogP contribution is -2.08. The van der Waals surface area contributed by atoms with Gasteiger partial charge in [0.15, 0.2) is 0 Å². The Morgan fingerprint density at radius 1 is 1.19 bits per heavy atom. The van der Waals surface area contributed by atoms with Crippen LogP contribution in [0.4, 0.5) is 5.69 Å². The van der Waals surface area contributed by atoms with Crippen molar-refractivity contribution in [3.8, 4) is 0 Å². The van der Waals surface area contributed by atoms with E-state index >= 15 is 0 Å². The van der Waals surface area contributed by atoms with E-state index in [1.807, 2.05) is 36.4 Å². The molecular weight excluding hydrogens is 350 g/mol. The molecule has 0 amide bonds. The minimum atomic E-state index is 0.0785. The van der Waals surface area contributed by atoms with Gasteiger partial charge in [-0.2, -0.15) is 0 Å². The van der Waals surface area contributed by atoms with Crippen molar-refractivity contribution in [2.24, 2.45) is 0 Å². The molecule has 0 aliphatic carbocycles. The van der Waals surface area contributed by atoms with Gasteiger partial charge in [-0.15, -0.1) is 0 Å². The van der Waals surface area contributed by atoms with Crippen LogP contribution in [-0.4, -0.2) is 9.97 Å². The summed E-state index contributed by atoms with van der Waals surface area (Å²) in [6.45, 7) is 2.08. The Kier molecular flexibility index (Phi) is 4.08. The molecule has 106 valence electrons. The highest BCUT2D eigenvalue weighted by atomic mass is 79.9. The van der Waals surface area contributed by atoms with E-state index in [1.165, 1.54) is 0 Å². The van der Waals surface area contributed by atoms with Gasteiger partial charge in [0, 0.05) is 21.9 Å². The van der Waals surface area contributed by atoms with Crippen LogP contribution in [-0.2, 0) is 0 Å². The third kappa shape index (κ3) is 3.01. The molecule has 0 bridgehead atoms. The second kappa shape index (κ2) is 6.00. The second-order valence-corrected chi connectivity index (χ2v) is 6.09. The van der Waals surface area contributed by atoms with Crippen LogP contribution in [0.5, 0.6) is 0 Å². The van der Waals surface area contributed by atoms with Crippen molar-refractivity contribution in [1.82, 2.24) is 9.97 Å². The zero-order valence-electron chi connectivity index (χ0n) is 11.3. The predicted molar refractivity (Wildman–Crippen MR) is 90.7 cm³/mol. The summed E-state index contributed by atoms with van der Waals surface area (Å²) in [7, 11) is 0. The molecule has 3 rings (SSSR count). The summed E-state index contributed by atoms with van der Waals surface area (Å²) in [5, 5.41) is 4.22. The van der Waals surface area contributed by atoms with Gasteiger partial charge < -0.3 is 5.32 Å². The van der Waals surface area contributed by atoms with Gasteiger partial charge in [0.1, 0.15) is 5.52 Å². The Morgan fingerprint density at radius 2 is 2.00 bits per heavy atom. The van der Waals surface area contributed by atoms with Crippen molar-refractivity contribution >= 4 is 44.3 Å². The molecule has 0 radical (unpaired) electrons. The van der Waals surface area contributed by atoms with Crippen molar-refractivity contribution in [1.29, 1.82) is 0 Å². The minimum Gasteiger partial charge on any atom is -0.377 e. The highest BCUT2D eigenvalue weighted by molar-refractivity contribution is 9.10. The molecule has 2 heterocycles. The summed E-state index contributed by atoms with van der Waals surface area (Å²) < 4.78 is 0.916. The molecule has 0 saturated carbocycles.